The molecule has 0 spiro atoms. The largest absolute Gasteiger partial charge is 0.355 e. The first kappa shape index (κ1) is 19.6. The van der Waals surface area contributed by atoms with Crippen LogP contribution in [0.15, 0.2) is 57.8 Å². The summed E-state index contributed by atoms with van der Waals surface area (Å²) in [5.74, 6) is 0.263. The highest BCUT2D eigenvalue weighted by molar-refractivity contribution is 7.90. The number of nitrogens with zero attached hydrogens (tertiary/aromatic N) is 2. The van der Waals surface area contributed by atoms with Crippen LogP contribution >= 0.6 is 0 Å². The predicted molar refractivity (Wildman–Crippen MR) is 112 cm³/mol. The van der Waals surface area contributed by atoms with Crippen LogP contribution in [0, 0.1) is 12.8 Å². The molecule has 29 heavy (non-hydrogen) atoms. The number of fused-ring (bicyclic) bond motifs is 1. The van der Waals surface area contributed by atoms with E-state index in [0.29, 0.717) is 24.5 Å². The molecule has 2 heterocycles. The molecule has 1 amide bonds. The Balaban J connectivity index is 1.49. The Kier molecular flexibility index (Phi) is 5.17. The number of rotatable bonds is 3. The van der Waals surface area contributed by atoms with E-state index >= 15 is 0 Å². The van der Waals surface area contributed by atoms with Crippen LogP contribution in [0.3, 0.4) is 0 Å². The number of hydrogen-bond donors (Lipinski definition) is 1. The lowest BCUT2D eigenvalue weighted by Crippen LogP contribution is -2.45. The maximum absolute atomic E-state index is 12.9. The van der Waals surface area contributed by atoms with E-state index in [0.717, 1.165) is 24.0 Å². The molecule has 0 saturated carbocycles. The van der Waals surface area contributed by atoms with Gasteiger partial charge >= 0.3 is 0 Å². The SMILES string of the molecule is Cc1ccccc1[C@H](C)NC(=O)[C@H]1CCCN(C2=NS(=O)(=O)c3ccccc32)C1. The molecule has 0 unspecified atom stereocenters. The molecule has 152 valence electrons. The molecule has 2 aliphatic rings. The van der Waals surface area contributed by atoms with Crippen LogP contribution in [0.25, 0.3) is 0 Å². The Morgan fingerprint density at radius 3 is 2.69 bits per heavy atom. The van der Waals surface area contributed by atoms with E-state index in [2.05, 4.69) is 9.71 Å². The van der Waals surface area contributed by atoms with Gasteiger partial charge in [-0.1, -0.05) is 36.4 Å². The third-order valence-corrected chi connectivity index (χ3v) is 7.04. The van der Waals surface area contributed by atoms with E-state index in [-0.39, 0.29) is 22.8 Å². The number of piperidine rings is 1. The minimum absolute atomic E-state index is 0.000178. The molecule has 1 fully saturated rings. The minimum Gasteiger partial charge on any atom is -0.355 e. The fourth-order valence-electron chi connectivity index (χ4n) is 4.18. The first-order valence-electron chi connectivity index (χ1n) is 9.92. The molecule has 2 aliphatic heterocycles. The number of hydrogen-bond acceptors (Lipinski definition) is 4. The number of amidine groups is 1. The summed E-state index contributed by atoms with van der Waals surface area (Å²) in [6, 6.07) is 14.8. The maximum Gasteiger partial charge on any atom is 0.285 e. The summed E-state index contributed by atoms with van der Waals surface area (Å²) in [5.41, 5.74) is 2.88. The maximum atomic E-state index is 12.9. The van der Waals surface area contributed by atoms with Gasteiger partial charge in [-0.25, -0.2) is 0 Å². The summed E-state index contributed by atoms with van der Waals surface area (Å²) in [7, 11) is -3.66. The van der Waals surface area contributed by atoms with Crippen molar-refractivity contribution < 1.29 is 13.2 Å². The van der Waals surface area contributed by atoms with E-state index in [1.165, 1.54) is 0 Å². The Morgan fingerprint density at radius 1 is 1.17 bits per heavy atom. The average Bonchev–Trinajstić information content (AvgIpc) is 3.00. The van der Waals surface area contributed by atoms with Crippen molar-refractivity contribution in [1.29, 1.82) is 0 Å². The van der Waals surface area contributed by atoms with Gasteiger partial charge in [0, 0.05) is 18.7 Å². The molecule has 2 aromatic carbocycles. The summed E-state index contributed by atoms with van der Waals surface area (Å²) in [6.07, 6.45) is 1.60. The monoisotopic (exact) mass is 411 g/mol. The molecule has 7 heteroatoms. The molecular formula is C22H25N3O3S. The number of benzene rings is 2. The molecule has 0 bridgehead atoms. The van der Waals surface area contributed by atoms with Crippen molar-refractivity contribution in [2.75, 3.05) is 13.1 Å². The lowest BCUT2D eigenvalue weighted by Gasteiger charge is -2.34. The van der Waals surface area contributed by atoms with Gasteiger partial charge in [0.25, 0.3) is 10.0 Å². The highest BCUT2D eigenvalue weighted by Crippen LogP contribution is 2.30. The molecule has 4 rings (SSSR count). The van der Waals surface area contributed by atoms with E-state index < -0.39 is 10.0 Å². The van der Waals surface area contributed by atoms with Gasteiger partial charge < -0.3 is 10.2 Å². The topological polar surface area (TPSA) is 78.8 Å². The molecule has 1 saturated heterocycles. The Hall–Kier alpha value is -2.67. The van der Waals surface area contributed by atoms with Crippen LogP contribution in [0.5, 0.6) is 0 Å². The second kappa shape index (κ2) is 7.63. The van der Waals surface area contributed by atoms with Gasteiger partial charge in [0.05, 0.1) is 12.0 Å². The van der Waals surface area contributed by atoms with Gasteiger partial charge in [-0.15, -0.1) is 4.40 Å². The number of carbonyl (C=O) groups is 1. The lowest BCUT2D eigenvalue weighted by atomic mass is 9.95. The average molecular weight is 412 g/mol. The third kappa shape index (κ3) is 3.79. The van der Waals surface area contributed by atoms with Gasteiger partial charge in [-0.3, -0.25) is 4.79 Å². The second-order valence-electron chi connectivity index (χ2n) is 7.76. The minimum atomic E-state index is -3.66. The number of likely N-dealkylation sites (tertiary alicyclic amines) is 1. The van der Waals surface area contributed by atoms with Crippen molar-refractivity contribution >= 4 is 21.8 Å². The molecule has 0 aliphatic carbocycles. The van der Waals surface area contributed by atoms with Gasteiger partial charge in [0.2, 0.25) is 5.91 Å². The highest BCUT2D eigenvalue weighted by atomic mass is 32.2. The number of amides is 1. The van der Waals surface area contributed by atoms with Gasteiger partial charge in [-0.05, 0) is 49.9 Å². The molecule has 0 aromatic heterocycles. The van der Waals surface area contributed by atoms with E-state index in [1.54, 1.807) is 18.2 Å². The summed E-state index contributed by atoms with van der Waals surface area (Å²) < 4.78 is 28.7. The van der Waals surface area contributed by atoms with Crippen molar-refractivity contribution in [2.24, 2.45) is 10.3 Å². The highest BCUT2D eigenvalue weighted by Gasteiger charge is 2.35. The van der Waals surface area contributed by atoms with E-state index in [9.17, 15) is 13.2 Å². The van der Waals surface area contributed by atoms with Gasteiger partial charge in [0.15, 0.2) is 5.84 Å². The smallest absolute Gasteiger partial charge is 0.285 e. The zero-order chi connectivity index (χ0) is 20.6. The predicted octanol–water partition coefficient (Wildman–Crippen LogP) is 3.03. The fraction of sp³-hybridized carbons (Fsp3) is 0.364. The summed E-state index contributed by atoms with van der Waals surface area (Å²) >= 11 is 0. The van der Waals surface area contributed by atoms with Crippen LogP contribution in [0.2, 0.25) is 0 Å². The third-order valence-electron chi connectivity index (χ3n) is 5.72. The number of aryl methyl sites for hydroxylation is 1. The summed E-state index contributed by atoms with van der Waals surface area (Å²) in [4.78, 5) is 15.1. The molecule has 6 nitrogen and oxygen atoms in total. The number of nitrogens with one attached hydrogen (secondary N) is 1. The Bertz CT molecular complexity index is 1080. The Labute approximate surface area is 171 Å². The zero-order valence-corrected chi connectivity index (χ0v) is 17.4. The first-order chi connectivity index (χ1) is 13.9. The van der Waals surface area contributed by atoms with Crippen LogP contribution in [-0.2, 0) is 14.8 Å². The number of carbonyl (C=O) groups excluding carboxylic acids is 1. The molecule has 1 N–H and O–H groups in total. The Morgan fingerprint density at radius 2 is 1.90 bits per heavy atom. The standard InChI is InChI=1S/C22H25N3O3S/c1-15-8-3-4-10-18(15)16(2)23-22(26)17-9-7-13-25(14-17)21-19-11-5-6-12-20(19)29(27,28)24-21/h3-6,8,10-12,16-17H,7,9,13-14H2,1-2H3,(H,23,26)/t16-,17-/m0/s1. The summed E-state index contributed by atoms with van der Waals surface area (Å²) in [6.45, 7) is 5.19. The van der Waals surface area contributed by atoms with Crippen molar-refractivity contribution in [3.8, 4) is 0 Å². The van der Waals surface area contributed by atoms with Crippen LogP contribution in [0.1, 0.15) is 42.5 Å². The molecular weight excluding hydrogens is 386 g/mol. The molecule has 2 aromatic rings. The fourth-order valence-corrected chi connectivity index (χ4v) is 5.41. The van der Waals surface area contributed by atoms with Gasteiger partial charge in [0.1, 0.15) is 4.90 Å². The van der Waals surface area contributed by atoms with Crippen molar-refractivity contribution in [3.63, 3.8) is 0 Å². The quantitative estimate of drug-likeness (QED) is 0.842. The lowest BCUT2D eigenvalue weighted by molar-refractivity contribution is -0.126. The zero-order valence-electron chi connectivity index (χ0n) is 16.6. The van der Waals surface area contributed by atoms with Crippen LogP contribution in [0.4, 0.5) is 0 Å². The normalized spacial score (nSPS) is 21.2. The summed E-state index contributed by atoms with van der Waals surface area (Å²) in [5, 5.41) is 3.13. The second-order valence-corrected chi connectivity index (χ2v) is 9.33. The first-order valence-corrected chi connectivity index (χ1v) is 11.4. The van der Waals surface area contributed by atoms with Crippen LogP contribution < -0.4 is 5.32 Å². The van der Waals surface area contributed by atoms with E-state index in [1.807, 2.05) is 49.1 Å². The number of sulfonamides is 1. The van der Waals surface area contributed by atoms with E-state index in [4.69, 9.17) is 0 Å². The van der Waals surface area contributed by atoms with Crippen molar-refractivity contribution in [1.82, 2.24) is 10.2 Å². The van der Waals surface area contributed by atoms with Crippen molar-refractivity contribution in [2.45, 2.75) is 37.6 Å². The van der Waals surface area contributed by atoms with Crippen molar-refractivity contribution in [3.05, 3.63) is 65.2 Å². The van der Waals surface area contributed by atoms with Crippen LogP contribution in [-0.4, -0.2) is 38.2 Å². The molecule has 2 atom stereocenters. The molecule has 0 radical (unpaired) electrons. The van der Waals surface area contributed by atoms with Gasteiger partial charge in [-0.2, -0.15) is 8.42 Å².